The summed E-state index contributed by atoms with van der Waals surface area (Å²) in [5.41, 5.74) is 2.95. The molecule has 0 saturated carbocycles. The van der Waals surface area contributed by atoms with Crippen molar-refractivity contribution in [2.75, 3.05) is 39.3 Å². The third-order valence-corrected chi connectivity index (χ3v) is 6.53. The Hall–Kier alpha value is -3.61. The summed E-state index contributed by atoms with van der Waals surface area (Å²) >= 11 is 0. The molecule has 180 valence electrons. The van der Waals surface area contributed by atoms with Crippen LogP contribution in [0.15, 0.2) is 88.3 Å². The van der Waals surface area contributed by atoms with Gasteiger partial charge in [-0.3, -0.25) is 9.69 Å². The fourth-order valence-electron chi connectivity index (χ4n) is 4.53. The van der Waals surface area contributed by atoms with E-state index >= 15 is 0 Å². The summed E-state index contributed by atoms with van der Waals surface area (Å²) in [6.07, 6.45) is 2.42. The van der Waals surface area contributed by atoms with Crippen LogP contribution in [-0.2, 0) is 6.54 Å². The van der Waals surface area contributed by atoms with Gasteiger partial charge in [-0.15, -0.1) is 0 Å². The van der Waals surface area contributed by atoms with Crippen molar-refractivity contribution in [3.8, 4) is 22.6 Å². The number of hydrogen-bond acceptors (Lipinski definition) is 6. The maximum absolute atomic E-state index is 12.9. The maximum Gasteiger partial charge on any atom is 0.200 e. The molecule has 1 aliphatic rings. The summed E-state index contributed by atoms with van der Waals surface area (Å²) in [5.74, 6) is 0.858. The quantitative estimate of drug-likeness (QED) is 0.375. The highest BCUT2D eigenvalue weighted by Crippen LogP contribution is 2.24. The van der Waals surface area contributed by atoms with Crippen LogP contribution in [0.3, 0.4) is 0 Å². The molecule has 1 aliphatic heterocycles. The van der Waals surface area contributed by atoms with Gasteiger partial charge in [0.1, 0.15) is 23.3 Å². The van der Waals surface area contributed by atoms with E-state index in [1.54, 1.807) is 36.4 Å². The van der Waals surface area contributed by atoms with Crippen LogP contribution in [-0.4, -0.2) is 54.2 Å². The largest absolute Gasteiger partial charge is 0.508 e. The van der Waals surface area contributed by atoms with Crippen LogP contribution < -0.4 is 10.2 Å². The number of hydrogen-bond donors (Lipinski definition) is 1. The van der Waals surface area contributed by atoms with Gasteiger partial charge in [-0.1, -0.05) is 42.5 Å². The van der Waals surface area contributed by atoms with Gasteiger partial charge in [0.15, 0.2) is 5.43 Å². The highest BCUT2D eigenvalue weighted by molar-refractivity contribution is 5.82. The molecule has 0 radical (unpaired) electrons. The maximum atomic E-state index is 12.9. The molecule has 1 saturated heterocycles. The Bertz CT molecular complexity index is 1310. The molecule has 3 aromatic carbocycles. The van der Waals surface area contributed by atoms with Crippen LogP contribution >= 0.6 is 0 Å². The van der Waals surface area contributed by atoms with Crippen molar-refractivity contribution in [3.63, 3.8) is 0 Å². The minimum atomic E-state index is -0.102. The Morgan fingerprint density at radius 3 is 2.40 bits per heavy atom. The second-order valence-electron chi connectivity index (χ2n) is 8.99. The van der Waals surface area contributed by atoms with Gasteiger partial charge in [-0.05, 0) is 41.8 Å². The van der Waals surface area contributed by atoms with E-state index in [-0.39, 0.29) is 11.2 Å². The number of piperazine rings is 1. The molecule has 0 bridgehead atoms. The van der Waals surface area contributed by atoms with Crippen molar-refractivity contribution in [2.24, 2.45) is 0 Å². The lowest BCUT2D eigenvalue weighted by molar-refractivity contribution is 0.121. The molecule has 35 heavy (non-hydrogen) atoms. The average molecular weight is 471 g/mol. The molecule has 0 unspecified atom stereocenters. The zero-order valence-electron chi connectivity index (χ0n) is 19.7. The number of fused-ring (bicyclic) bond motifs is 1. The zero-order chi connectivity index (χ0) is 24.0. The predicted octanol–water partition coefficient (Wildman–Crippen LogP) is 4.75. The van der Waals surface area contributed by atoms with Gasteiger partial charge in [0, 0.05) is 45.3 Å². The molecule has 1 fully saturated rings. The Balaban J connectivity index is 1.10. The van der Waals surface area contributed by atoms with Crippen LogP contribution in [0.1, 0.15) is 12.0 Å². The molecule has 5 rings (SSSR count). The van der Waals surface area contributed by atoms with Crippen molar-refractivity contribution < 1.29 is 14.3 Å². The summed E-state index contributed by atoms with van der Waals surface area (Å²) in [5, 5.41) is 9.99. The first kappa shape index (κ1) is 23.1. The number of benzene rings is 3. The van der Waals surface area contributed by atoms with Crippen molar-refractivity contribution >= 4 is 11.0 Å². The van der Waals surface area contributed by atoms with Gasteiger partial charge in [0.2, 0.25) is 0 Å². The molecule has 0 spiro atoms. The molecule has 6 nitrogen and oxygen atoms in total. The minimum Gasteiger partial charge on any atom is -0.508 e. The fraction of sp³-hybridized carbons (Fsp3) is 0.276. The molecule has 0 atom stereocenters. The van der Waals surface area contributed by atoms with Crippen molar-refractivity contribution in [3.05, 3.63) is 94.8 Å². The molecule has 2 heterocycles. The first-order valence-electron chi connectivity index (χ1n) is 12.1. The fourth-order valence-corrected chi connectivity index (χ4v) is 4.53. The van der Waals surface area contributed by atoms with E-state index in [1.165, 1.54) is 11.8 Å². The van der Waals surface area contributed by atoms with E-state index in [4.69, 9.17) is 9.15 Å². The lowest BCUT2D eigenvalue weighted by Gasteiger charge is -2.34. The van der Waals surface area contributed by atoms with Gasteiger partial charge < -0.3 is 19.2 Å². The monoisotopic (exact) mass is 470 g/mol. The van der Waals surface area contributed by atoms with Gasteiger partial charge in [0.25, 0.3) is 0 Å². The number of rotatable bonds is 8. The molecule has 0 aliphatic carbocycles. The minimum absolute atomic E-state index is 0.102. The summed E-state index contributed by atoms with van der Waals surface area (Å²) in [6.45, 7) is 6.99. The number of phenolic OH excluding ortho intramolecular Hbond substituents is 1. The number of aromatic hydroxyl groups is 1. The lowest BCUT2D eigenvalue weighted by Crippen LogP contribution is -2.46. The molecule has 0 amide bonds. The van der Waals surface area contributed by atoms with Gasteiger partial charge in [-0.25, -0.2) is 0 Å². The Labute approximate surface area is 205 Å². The van der Waals surface area contributed by atoms with Crippen LogP contribution in [0, 0.1) is 0 Å². The Morgan fingerprint density at radius 2 is 1.63 bits per heavy atom. The van der Waals surface area contributed by atoms with E-state index in [9.17, 15) is 9.90 Å². The van der Waals surface area contributed by atoms with Crippen molar-refractivity contribution in [1.82, 2.24) is 9.80 Å². The molecule has 1 aromatic heterocycles. The first-order chi connectivity index (χ1) is 17.2. The summed E-state index contributed by atoms with van der Waals surface area (Å²) in [6, 6.07) is 22.5. The Kier molecular flexibility index (Phi) is 7.12. The van der Waals surface area contributed by atoms with Crippen LogP contribution in [0.25, 0.3) is 22.1 Å². The SMILES string of the molecule is O=c1c(-c2ccc(O)cc2)coc2cc(OCCCN3CCN(Cc4ccccc4)CC3)ccc12. The van der Waals surface area contributed by atoms with Gasteiger partial charge >= 0.3 is 0 Å². The van der Waals surface area contributed by atoms with Gasteiger partial charge in [-0.2, -0.15) is 0 Å². The lowest BCUT2D eigenvalue weighted by atomic mass is 10.1. The van der Waals surface area contributed by atoms with Gasteiger partial charge in [0.05, 0.1) is 17.6 Å². The topological polar surface area (TPSA) is 66.2 Å². The van der Waals surface area contributed by atoms with Crippen LogP contribution in [0.5, 0.6) is 11.5 Å². The van der Waals surface area contributed by atoms with Crippen molar-refractivity contribution in [2.45, 2.75) is 13.0 Å². The van der Waals surface area contributed by atoms with E-state index < -0.39 is 0 Å². The standard InChI is InChI=1S/C29H30N2O4/c32-24-9-7-23(8-10-24)27-21-35-28-19-25(11-12-26(28)29(27)33)34-18-4-13-30-14-16-31(17-15-30)20-22-5-2-1-3-6-22/h1-3,5-12,19,21,32H,4,13-18,20H2. The summed E-state index contributed by atoms with van der Waals surface area (Å²) < 4.78 is 11.7. The first-order valence-corrected chi connectivity index (χ1v) is 12.1. The van der Waals surface area contributed by atoms with E-state index in [1.807, 2.05) is 6.07 Å². The van der Waals surface area contributed by atoms with E-state index in [2.05, 4.69) is 40.1 Å². The third-order valence-electron chi connectivity index (χ3n) is 6.53. The molecule has 1 N–H and O–H groups in total. The average Bonchev–Trinajstić information content (AvgIpc) is 2.89. The molecular weight excluding hydrogens is 440 g/mol. The third kappa shape index (κ3) is 5.73. The highest BCUT2D eigenvalue weighted by atomic mass is 16.5. The summed E-state index contributed by atoms with van der Waals surface area (Å²) in [4.78, 5) is 17.9. The predicted molar refractivity (Wildman–Crippen MR) is 138 cm³/mol. The smallest absolute Gasteiger partial charge is 0.200 e. The van der Waals surface area contributed by atoms with Crippen LogP contribution in [0.4, 0.5) is 0 Å². The second-order valence-corrected chi connectivity index (χ2v) is 8.99. The zero-order valence-corrected chi connectivity index (χ0v) is 19.7. The second kappa shape index (κ2) is 10.8. The number of ether oxygens (including phenoxy) is 1. The normalized spacial score (nSPS) is 14.9. The molecular formula is C29H30N2O4. The summed E-state index contributed by atoms with van der Waals surface area (Å²) in [7, 11) is 0. The molecule has 6 heteroatoms. The Morgan fingerprint density at radius 1 is 0.886 bits per heavy atom. The number of nitrogens with zero attached hydrogens (tertiary/aromatic N) is 2. The van der Waals surface area contributed by atoms with E-state index in [0.29, 0.717) is 34.5 Å². The highest BCUT2D eigenvalue weighted by Gasteiger charge is 2.16. The number of phenols is 1. The van der Waals surface area contributed by atoms with Crippen molar-refractivity contribution in [1.29, 1.82) is 0 Å². The van der Waals surface area contributed by atoms with Crippen LogP contribution in [0.2, 0.25) is 0 Å². The molecule has 4 aromatic rings. The van der Waals surface area contributed by atoms with E-state index in [0.717, 1.165) is 45.7 Å².